The average Bonchev–Trinajstić information content (AvgIpc) is 3.17. The number of aromatic nitrogens is 1. The largest absolute Gasteiger partial charge is 0.352 e. The number of carbonyl (C=O) groups excluding carboxylic acids is 1. The minimum atomic E-state index is -0.0376. The number of nitrogens with zero attached hydrogens (tertiary/aromatic N) is 1. The zero-order valence-corrected chi connectivity index (χ0v) is 15.7. The molecule has 0 fully saturated rings. The molecule has 1 amide bonds. The molecule has 1 aromatic carbocycles. The summed E-state index contributed by atoms with van der Waals surface area (Å²) in [5.74, 6) is -0.0376. The van der Waals surface area contributed by atoms with E-state index in [1.807, 2.05) is 31.2 Å². The predicted molar refractivity (Wildman–Crippen MR) is 100 cm³/mol. The molecule has 0 aliphatic heterocycles. The normalized spacial score (nSPS) is 10.7. The maximum Gasteiger partial charge on any atom is 0.251 e. The minimum Gasteiger partial charge on any atom is -0.352 e. The molecule has 0 aliphatic rings. The second kappa shape index (κ2) is 7.38. The van der Waals surface area contributed by atoms with Gasteiger partial charge in [-0.15, -0.1) is 22.7 Å². The molecule has 0 bridgehead atoms. The fourth-order valence-corrected chi connectivity index (χ4v) is 4.05. The van der Waals surface area contributed by atoms with Crippen molar-refractivity contribution in [2.75, 3.05) is 6.54 Å². The topological polar surface area (TPSA) is 42.0 Å². The molecule has 3 aromatic rings. The lowest BCUT2D eigenvalue weighted by molar-refractivity contribution is 0.0954. The first-order chi connectivity index (χ1) is 11.1. The Balaban J connectivity index is 1.54. The van der Waals surface area contributed by atoms with Crippen LogP contribution in [0.2, 0.25) is 0 Å². The van der Waals surface area contributed by atoms with Crippen LogP contribution in [0.5, 0.6) is 0 Å². The Morgan fingerprint density at radius 1 is 1.22 bits per heavy atom. The van der Waals surface area contributed by atoms with Gasteiger partial charge in [0.2, 0.25) is 0 Å². The van der Waals surface area contributed by atoms with Gasteiger partial charge in [0.25, 0.3) is 5.91 Å². The molecule has 23 heavy (non-hydrogen) atoms. The Hall–Kier alpha value is -1.50. The lowest BCUT2D eigenvalue weighted by Crippen LogP contribution is -2.25. The summed E-state index contributed by atoms with van der Waals surface area (Å²) in [4.78, 5) is 19.0. The minimum absolute atomic E-state index is 0.0376. The molecule has 0 unspecified atom stereocenters. The van der Waals surface area contributed by atoms with E-state index < -0.39 is 0 Å². The van der Waals surface area contributed by atoms with Gasteiger partial charge in [-0.2, -0.15) is 0 Å². The van der Waals surface area contributed by atoms with Crippen molar-refractivity contribution in [1.82, 2.24) is 10.3 Å². The first kappa shape index (κ1) is 16.4. The standard InChI is InChI=1S/C17H15BrN2OS2/c1-11-20-15(10-22-11)16-7-6-14(23-16)8-9-19-17(21)12-2-4-13(18)5-3-12/h2-7,10H,8-9H2,1H3,(H,19,21). The van der Waals surface area contributed by atoms with E-state index >= 15 is 0 Å². The van der Waals surface area contributed by atoms with E-state index in [0.717, 1.165) is 21.6 Å². The number of nitrogens with one attached hydrogen (secondary N) is 1. The van der Waals surface area contributed by atoms with Crippen LogP contribution in [0.3, 0.4) is 0 Å². The monoisotopic (exact) mass is 406 g/mol. The number of thiophene rings is 1. The number of rotatable bonds is 5. The third-order valence-electron chi connectivity index (χ3n) is 3.30. The van der Waals surface area contributed by atoms with Crippen LogP contribution in [0.15, 0.2) is 46.3 Å². The molecule has 2 heterocycles. The van der Waals surface area contributed by atoms with Gasteiger partial charge in [0.15, 0.2) is 0 Å². The number of amides is 1. The fraction of sp³-hybridized carbons (Fsp3) is 0.176. The van der Waals surface area contributed by atoms with E-state index in [4.69, 9.17) is 0 Å². The van der Waals surface area contributed by atoms with Gasteiger partial charge in [0, 0.05) is 26.8 Å². The van der Waals surface area contributed by atoms with Crippen molar-refractivity contribution < 1.29 is 4.79 Å². The van der Waals surface area contributed by atoms with Crippen molar-refractivity contribution in [3.05, 3.63) is 61.7 Å². The van der Waals surface area contributed by atoms with Crippen LogP contribution >= 0.6 is 38.6 Å². The molecule has 0 saturated carbocycles. The fourth-order valence-electron chi connectivity index (χ4n) is 2.13. The van der Waals surface area contributed by atoms with Crippen molar-refractivity contribution in [1.29, 1.82) is 0 Å². The number of halogens is 1. The molecule has 6 heteroatoms. The Kier molecular flexibility index (Phi) is 5.25. The van der Waals surface area contributed by atoms with Crippen LogP contribution in [-0.4, -0.2) is 17.4 Å². The summed E-state index contributed by atoms with van der Waals surface area (Å²) in [5.41, 5.74) is 1.72. The van der Waals surface area contributed by atoms with E-state index in [1.54, 1.807) is 22.7 Å². The Morgan fingerprint density at radius 2 is 2.00 bits per heavy atom. The zero-order valence-electron chi connectivity index (χ0n) is 12.5. The van der Waals surface area contributed by atoms with Gasteiger partial charge in [-0.3, -0.25) is 4.79 Å². The number of carbonyl (C=O) groups is 1. The second-order valence-corrected chi connectivity index (χ2v) is 8.18. The quantitative estimate of drug-likeness (QED) is 0.653. The molecule has 3 rings (SSSR count). The van der Waals surface area contributed by atoms with Crippen molar-refractivity contribution in [2.24, 2.45) is 0 Å². The van der Waals surface area contributed by atoms with E-state index in [0.29, 0.717) is 12.1 Å². The van der Waals surface area contributed by atoms with E-state index in [1.165, 1.54) is 9.75 Å². The maximum atomic E-state index is 12.0. The summed E-state index contributed by atoms with van der Waals surface area (Å²) >= 11 is 6.77. The number of benzene rings is 1. The molecule has 2 aromatic heterocycles. The molecular weight excluding hydrogens is 392 g/mol. The summed E-state index contributed by atoms with van der Waals surface area (Å²) in [6, 6.07) is 11.6. The highest BCUT2D eigenvalue weighted by atomic mass is 79.9. The van der Waals surface area contributed by atoms with Gasteiger partial charge in [-0.1, -0.05) is 15.9 Å². The van der Waals surface area contributed by atoms with Crippen LogP contribution in [0.25, 0.3) is 10.6 Å². The number of thiazole rings is 1. The summed E-state index contributed by atoms with van der Waals surface area (Å²) in [6.45, 7) is 2.64. The summed E-state index contributed by atoms with van der Waals surface area (Å²) in [7, 11) is 0. The van der Waals surface area contributed by atoms with Crippen molar-refractivity contribution in [2.45, 2.75) is 13.3 Å². The van der Waals surface area contributed by atoms with Gasteiger partial charge in [-0.05, 0) is 49.7 Å². The molecule has 118 valence electrons. The van der Waals surface area contributed by atoms with E-state index in [2.05, 4.69) is 43.7 Å². The van der Waals surface area contributed by atoms with Gasteiger partial charge in [0.05, 0.1) is 15.6 Å². The van der Waals surface area contributed by atoms with Crippen molar-refractivity contribution in [3.63, 3.8) is 0 Å². The van der Waals surface area contributed by atoms with Crippen LogP contribution in [0.1, 0.15) is 20.2 Å². The number of hydrogen-bond donors (Lipinski definition) is 1. The molecular formula is C17H15BrN2OS2. The Bertz CT molecular complexity index is 808. The molecule has 0 spiro atoms. The first-order valence-corrected chi connectivity index (χ1v) is 9.66. The number of aryl methyl sites for hydroxylation is 1. The van der Waals surface area contributed by atoms with Crippen LogP contribution in [0, 0.1) is 6.92 Å². The molecule has 3 nitrogen and oxygen atoms in total. The highest BCUT2D eigenvalue weighted by molar-refractivity contribution is 9.10. The third kappa shape index (κ3) is 4.28. The van der Waals surface area contributed by atoms with Gasteiger partial charge >= 0.3 is 0 Å². The molecule has 0 radical (unpaired) electrons. The summed E-state index contributed by atoms with van der Waals surface area (Å²) in [6.07, 6.45) is 0.829. The zero-order chi connectivity index (χ0) is 16.2. The van der Waals surface area contributed by atoms with E-state index in [-0.39, 0.29) is 5.91 Å². The SMILES string of the molecule is Cc1nc(-c2ccc(CCNC(=O)c3ccc(Br)cc3)s2)cs1. The van der Waals surface area contributed by atoms with Gasteiger partial charge in [0.1, 0.15) is 0 Å². The highest BCUT2D eigenvalue weighted by Crippen LogP contribution is 2.29. The highest BCUT2D eigenvalue weighted by Gasteiger charge is 2.08. The predicted octanol–water partition coefficient (Wildman–Crippen LogP) is 4.92. The first-order valence-electron chi connectivity index (χ1n) is 7.17. The summed E-state index contributed by atoms with van der Waals surface area (Å²) < 4.78 is 0.970. The smallest absolute Gasteiger partial charge is 0.251 e. The van der Waals surface area contributed by atoms with Crippen LogP contribution in [-0.2, 0) is 6.42 Å². The van der Waals surface area contributed by atoms with E-state index in [9.17, 15) is 4.79 Å². The Morgan fingerprint density at radius 3 is 2.70 bits per heavy atom. The van der Waals surface area contributed by atoms with Crippen LogP contribution < -0.4 is 5.32 Å². The van der Waals surface area contributed by atoms with Crippen molar-refractivity contribution in [3.8, 4) is 10.6 Å². The third-order valence-corrected chi connectivity index (χ3v) is 5.77. The lowest BCUT2D eigenvalue weighted by atomic mass is 10.2. The van der Waals surface area contributed by atoms with Crippen LogP contribution in [0.4, 0.5) is 0 Å². The molecule has 0 saturated heterocycles. The Labute approximate surface area is 151 Å². The lowest BCUT2D eigenvalue weighted by Gasteiger charge is -2.04. The summed E-state index contributed by atoms with van der Waals surface area (Å²) in [5, 5.41) is 6.12. The van der Waals surface area contributed by atoms with Gasteiger partial charge < -0.3 is 5.32 Å². The molecule has 0 atom stereocenters. The second-order valence-electron chi connectivity index (χ2n) is 5.03. The average molecular weight is 407 g/mol. The molecule has 0 aliphatic carbocycles. The number of hydrogen-bond acceptors (Lipinski definition) is 4. The van der Waals surface area contributed by atoms with Gasteiger partial charge in [-0.25, -0.2) is 4.98 Å². The molecule has 1 N–H and O–H groups in total. The van der Waals surface area contributed by atoms with Crippen molar-refractivity contribution >= 4 is 44.5 Å². The maximum absolute atomic E-state index is 12.0.